The maximum atomic E-state index is 11.6. The number of carbonyl (C=O) groups excluding carboxylic acids is 2. The van der Waals surface area contributed by atoms with Gasteiger partial charge in [-0.25, -0.2) is 0 Å². The molecule has 0 atom stereocenters. The number of Topliss-reactive ketones (excluding diaryl/α,β-unsaturated/α-hetero) is 1. The Hall–Kier alpha value is -1.39. The third-order valence-electron chi connectivity index (χ3n) is 1.89. The van der Waals surface area contributed by atoms with Gasteiger partial charge in [-0.2, -0.15) is 0 Å². The van der Waals surface area contributed by atoms with Crippen molar-refractivity contribution in [1.82, 2.24) is 5.32 Å². The molecule has 0 aliphatic carbocycles. The van der Waals surface area contributed by atoms with Crippen molar-refractivity contribution in [1.29, 1.82) is 0 Å². The van der Waals surface area contributed by atoms with Gasteiger partial charge in [0.1, 0.15) is 6.61 Å². The minimum absolute atomic E-state index is 0.0379. The number of rotatable bonds is 5. The largest absolute Gasteiger partial charge is 0.375 e. The smallest absolute Gasteiger partial charge is 0.246 e. The first-order valence-corrected chi connectivity index (χ1v) is 5.05. The molecule has 0 bridgehead atoms. The average molecular weight is 242 g/mol. The predicted octanol–water partition coefficient (Wildman–Crippen LogP) is 1.29. The molecule has 0 unspecified atom stereocenters. The molecule has 1 rings (SSSR count). The second-order valence-electron chi connectivity index (χ2n) is 3.14. The normalized spacial score (nSPS) is 9.88. The van der Waals surface area contributed by atoms with E-state index in [1.807, 2.05) is 0 Å². The van der Waals surface area contributed by atoms with Crippen LogP contribution < -0.4 is 5.32 Å². The Morgan fingerprint density at radius 1 is 1.31 bits per heavy atom. The Morgan fingerprint density at radius 3 is 2.50 bits per heavy atom. The van der Waals surface area contributed by atoms with Crippen molar-refractivity contribution in [2.24, 2.45) is 0 Å². The van der Waals surface area contributed by atoms with E-state index in [1.54, 1.807) is 24.3 Å². The molecule has 4 nitrogen and oxygen atoms in total. The summed E-state index contributed by atoms with van der Waals surface area (Å²) < 4.78 is 4.62. The summed E-state index contributed by atoms with van der Waals surface area (Å²) in [6.45, 7) is -0.0856. The minimum atomic E-state index is -0.315. The standard InChI is InChI=1S/C11H12ClNO3/c1-16-7-11(15)13-6-10(14)8-2-4-9(12)5-3-8/h2-5H,6-7H2,1H3,(H,13,15). The van der Waals surface area contributed by atoms with Gasteiger partial charge >= 0.3 is 0 Å². The van der Waals surface area contributed by atoms with Crippen LogP contribution in [0.3, 0.4) is 0 Å². The third-order valence-corrected chi connectivity index (χ3v) is 2.14. The van der Waals surface area contributed by atoms with Crippen LogP contribution in [0, 0.1) is 0 Å². The second-order valence-corrected chi connectivity index (χ2v) is 3.58. The van der Waals surface area contributed by atoms with Crippen LogP contribution in [0.25, 0.3) is 0 Å². The number of amides is 1. The topological polar surface area (TPSA) is 55.4 Å². The van der Waals surface area contributed by atoms with Crippen molar-refractivity contribution >= 4 is 23.3 Å². The van der Waals surface area contributed by atoms with Gasteiger partial charge in [0.05, 0.1) is 6.54 Å². The molecule has 0 aliphatic rings. The number of hydrogen-bond acceptors (Lipinski definition) is 3. The molecule has 0 fully saturated rings. The van der Waals surface area contributed by atoms with Crippen molar-refractivity contribution in [3.8, 4) is 0 Å². The number of ketones is 1. The van der Waals surface area contributed by atoms with Crippen molar-refractivity contribution in [3.05, 3.63) is 34.9 Å². The van der Waals surface area contributed by atoms with Gasteiger partial charge in [-0.15, -0.1) is 0 Å². The van der Waals surface area contributed by atoms with Gasteiger partial charge in [0.15, 0.2) is 5.78 Å². The van der Waals surface area contributed by atoms with Crippen LogP contribution in [0.2, 0.25) is 5.02 Å². The second kappa shape index (κ2) is 6.25. The van der Waals surface area contributed by atoms with E-state index in [-0.39, 0.29) is 24.8 Å². The summed E-state index contributed by atoms with van der Waals surface area (Å²) in [6.07, 6.45) is 0. The fraction of sp³-hybridized carbons (Fsp3) is 0.273. The van der Waals surface area contributed by atoms with Crippen molar-refractivity contribution in [3.63, 3.8) is 0 Å². The number of methoxy groups -OCH3 is 1. The molecule has 0 saturated heterocycles. The van der Waals surface area contributed by atoms with E-state index in [0.717, 1.165) is 0 Å². The molecule has 0 spiro atoms. The van der Waals surface area contributed by atoms with Crippen LogP contribution in [-0.4, -0.2) is 32.0 Å². The molecule has 0 heterocycles. The third kappa shape index (κ3) is 4.00. The van der Waals surface area contributed by atoms with Crippen LogP contribution >= 0.6 is 11.6 Å². The molecule has 5 heteroatoms. The monoisotopic (exact) mass is 241 g/mol. The number of carbonyl (C=O) groups is 2. The Labute approximate surface area is 98.5 Å². The Morgan fingerprint density at radius 2 is 1.94 bits per heavy atom. The number of benzene rings is 1. The highest BCUT2D eigenvalue weighted by Gasteiger charge is 2.07. The van der Waals surface area contributed by atoms with E-state index in [4.69, 9.17) is 11.6 Å². The van der Waals surface area contributed by atoms with Crippen LogP contribution in [0.1, 0.15) is 10.4 Å². The molecule has 1 amide bonds. The zero-order valence-electron chi connectivity index (χ0n) is 8.83. The Bertz CT molecular complexity index is 375. The summed E-state index contributed by atoms with van der Waals surface area (Å²) in [7, 11) is 1.42. The highest BCUT2D eigenvalue weighted by molar-refractivity contribution is 6.30. The molecule has 0 aromatic heterocycles. The van der Waals surface area contributed by atoms with Gasteiger partial charge in [-0.3, -0.25) is 9.59 Å². The van der Waals surface area contributed by atoms with Gasteiger partial charge in [0.25, 0.3) is 0 Å². The molecule has 1 aromatic rings. The van der Waals surface area contributed by atoms with Crippen molar-refractivity contribution in [2.75, 3.05) is 20.3 Å². The maximum absolute atomic E-state index is 11.6. The maximum Gasteiger partial charge on any atom is 0.246 e. The van der Waals surface area contributed by atoms with Crippen LogP contribution in [0.4, 0.5) is 0 Å². The summed E-state index contributed by atoms with van der Waals surface area (Å²) in [5.41, 5.74) is 0.516. The summed E-state index contributed by atoms with van der Waals surface area (Å²) in [5, 5.41) is 3.02. The first kappa shape index (κ1) is 12.7. The van der Waals surface area contributed by atoms with Crippen LogP contribution in [-0.2, 0) is 9.53 Å². The molecule has 0 radical (unpaired) electrons. The molecule has 1 aromatic carbocycles. The van der Waals surface area contributed by atoms with Crippen molar-refractivity contribution < 1.29 is 14.3 Å². The lowest BCUT2D eigenvalue weighted by Gasteiger charge is -2.03. The summed E-state index contributed by atoms with van der Waals surface area (Å²) in [5.74, 6) is -0.481. The van der Waals surface area contributed by atoms with Crippen LogP contribution in [0.15, 0.2) is 24.3 Å². The van der Waals surface area contributed by atoms with Gasteiger partial charge < -0.3 is 10.1 Å². The molecule has 0 aliphatic heterocycles. The lowest BCUT2D eigenvalue weighted by atomic mass is 10.1. The summed E-state index contributed by atoms with van der Waals surface area (Å²) in [6, 6.07) is 6.50. The van der Waals surface area contributed by atoms with E-state index >= 15 is 0 Å². The van der Waals surface area contributed by atoms with Gasteiger partial charge in [-0.1, -0.05) is 11.6 Å². The minimum Gasteiger partial charge on any atom is -0.375 e. The molecule has 1 N–H and O–H groups in total. The zero-order chi connectivity index (χ0) is 12.0. The van der Waals surface area contributed by atoms with E-state index in [0.29, 0.717) is 10.6 Å². The van der Waals surface area contributed by atoms with Gasteiger partial charge in [0.2, 0.25) is 5.91 Å². The highest BCUT2D eigenvalue weighted by Crippen LogP contribution is 2.09. The first-order valence-electron chi connectivity index (χ1n) is 4.68. The number of halogens is 1. The number of nitrogens with one attached hydrogen (secondary N) is 1. The van der Waals surface area contributed by atoms with Crippen LogP contribution in [0.5, 0.6) is 0 Å². The molecular weight excluding hydrogens is 230 g/mol. The molecular formula is C11H12ClNO3. The van der Waals surface area contributed by atoms with E-state index in [1.165, 1.54) is 7.11 Å². The fourth-order valence-corrected chi connectivity index (χ4v) is 1.22. The lowest BCUT2D eigenvalue weighted by Crippen LogP contribution is -2.32. The summed E-state index contributed by atoms with van der Waals surface area (Å²) in [4.78, 5) is 22.6. The van der Waals surface area contributed by atoms with E-state index in [9.17, 15) is 9.59 Å². The average Bonchev–Trinajstić information content (AvgIpc) is 2.27. The molecule has 86 valence electrons. The first-order chi connectivity index (χ1) is 7.63. The summed E-state index contributed by atoms with van der Waals surface area (Å²) >= 11 is 5.69. The van der Waals surface area contributed by atoms with Gasteiger partial charge in [-0.05, 0) is 24.3 Å². The number of ether oxygens (including phenoxy) is 1. The Kier molecular flexibility index (Phi) is 4.95. The van der Waals surface area contributed by atoms with Crippen molar-refractivity contribution in [2.45, 2.75) is 0 Å². The fourth-order valence-electron chi connectivity index (χ4n) is 1.10. The van der Waals surface area contributed by atoms with Gasteiger partial charge in [0, 0.05) is 17.7 Å². The molecule has 16 heavy (non-hydrogen) atoms. The molecule has 0 saturated carbocycles. The highest BCUT2D eigenvalue weighted by atomic mass is 35.5. The van der Waals surface area contributed by atoms with E-state index < -0.39 is 0 Å². The lowest BCUT2D eigenvalue weighted by molar-refractivity contribution is -0.124. The zero-order valence-corrected chi connectivity index (χ0v) is 9.58. The Balaban J connectivity index is 2.47. The number of hydrogen-bond donors (Lipinski definition) is 1. The van der Waals surface area contributed by atoms with E-state index in [2.05, 4.69) is 10.1 Å². The quantitative estimate of drug-likeness (QED) is 0.791. The SMILES string of the molecule is COCC(=O)NCC(=O)c1ccc(Cl)cc1. The predicted molar refractivity (Wildman–Crippen MR) is 60.7 cm³/mol.